The van der Waals surface area contributed by atoms with Crippen molar-refractivity contribution in [2.24, 2.45) is 0 Å². The number of piperidine rings is 1. The van der Waals surface area contributed by atoms with Gasteiger partial charge in [-0.25, -0.2) is 19.4 Å². The van der Waals surface area contributed by atoms with Crippen molar-refractivity contribution in [2.45, 2.75) is 50.1 Å². The summed E-state index contributed by atoms with van der Waals surface area (Å²) >= 11 is 1.63. The lowest BCUT2D eigenvalue weighted by atomic mass is 10.1. The SMILES string of the molecule is COC(=O)c1ccccc1C(=O)NCCn1ncc2c(N3CCCCC3)nc(SC(C)C)nc21. The highest BCUT2D eigenvalue weighted by atomic mass is 32.2. The van der Waals surface area contributed by atoms with Crippen molar-refractivity contribution in [3.05, 3.63) is 41.6 Å². The van der Waals surface area contributed by atoms with Crippen molar-refractivity contribution in [1.29, 1.82) is 0 Å². The number of aromatic nitrogens is 4. The Labute approximate surface area is 203 Å². The van der Waals surface area contributed by atoms with Crippen molar-refractivity contribution in [2.75, 3.05) is 31.6 Å². The maximum atomic E-state index is 12.7. The zero-order valence-electron chi connectivity index (χ0n) is 19.8. The summed E-state index contributed by atoms with van der Waals surface area (Å²) < 4.78 is 6.59. The van der Waals surface area contributed by atoms with Crippen molar-refractivity contribution in [3.63, 3.8) is 0 Å². The summed E-state index contributed by atoms with van der Waals surface area (Å²) in [5, 5.41) is 9.46. The van der Waals surface area contributed by atoms with Crippen LogP contribution < -0.4 is 10.2 Å². The number of carbonyl (C=O) groups is 2. The number of esters is 1. The van der Waals surface area contributed by atoms with Crippen molar-refractivity contribution >= 4 is 40.5 Å². The molecule has 3 aromatic rings. The van der Waals surface area contributed by atoms with Gasteiger partial charge in [-0.15, -0.1) is 0 Å². The van der Waals surface area contributed by atoms with E-state index >= 15 is 0 Å². The average Bonchev–Trinajstić information content (AvgIpc) is 3.26. The molecule has 10 heteroatoms. The third kappa shape index (κ3) is 5.32. The lowest BCUT2D eigenvalue weighted by Gasteiger charge is -2.28. The molecule has 0 atom stereocenters. The zero-order chi connectivity index (χ0) is 24.1. The molecule has 0 radical (unpaired) electrons. The van der Waals surface area contributed by atoms with Crippen LogP contribution in [0, 0.1) is 0 Å². The summed E-state index contributed by atoms with van der Waals surface area (Å²) in [7, 11) is 1.30. The second-order valence-corrected chi connectivity index (χ2v) is 9.99. The number of thioether (sulfide) groups is 1. The minimum Gasteiger partial charge on any atom is -0.465 e. The number of fused-ring (bicyclic) bond motifs is 1. The van der Waals surface area contributed by atoms with Crippen LogP contribution in [0.15, 0.2) is 35.6 Å². The fourth-order valence-electron chi connectivity index (χ4n) is 4.03. The van der Waals surface area contributed by atoms with Gasteiger partial charge in [0.05, 0.1) is 36.4 Å². The van der Waals surface area contributed by atoms with E-state index in [1.165, 1.54) is 13.5 Å². The van der Waals surface area contributed by atoms with Crippen molar-refractivity contribution in [1.82, 2.24) is 25.1 Å². The first-order valence-corrected chi connectivity index (χ1v) is 12.5. The first-order valence-electron chi connectivity index (χ1n) is 11.6. The van der Waals surface area contributed by atoms with Crippen molar-refractivity contribution in [3.8, 4) is 0 Å². The monoisotopic (exact) mass is 482 g/mol. The van der Waals surface area contributed by atoms with Crippen LogP contribution in [-0.2, 0) is 11.3 Å². The summed E-state index contributed by atoms with van der Waals surface area (Å²) in [4.78, 5) is 36.7. The minimum atomic E-state index is -0.541. The fraction of sp³-hybridized carbons (Fsp3) is 0.458. The Kier molecular flexibility index (Phi) is 7.66. The second kappa shape index (κ2) is 10.9. The number of hydrogen-bond donors (Lipinski definition) is 1. The number of methoxy groups -OCH3 is 1. The molecular formula is C24H30N6O3S. The Balaban J connectivity index is 1.53. The molecule has 4 rings (SSSR count). The molecule has 1 aromatic carbocycles. The number of nitrogens with zero attached hydrogens (tertiary/aromatic N) is 5. The molecule has 0 spiro atoms. The maximum Gasteiger partial charge on any atom is 0.338 e. The van der Waals surface area contributed by atoms with E-state index in [-0.39, 0.29) is 17.0 Å². The first kappa shape index (κ1) is 24.0. The smallest absolute Gasteiger partial charge is 0.338 e. The van der Waals surface area contributed by atoms with E-state index in [1.54, 1.807) is 40.7 Å². The Bertz CT molecular complexity index is 1170. The van der Waals surface area contributed by atoms with Crippen LogP contribution in [0.2, 0.25) is 0 Å². The van der Waals surface area contributed by atoms with E-state index in [2.05, 4.69) is 29.2 Å². The first-order chi connectivity index (χ1) is 16.5. The van der Waals surface area contributed by atoms with Crippen LogP contribution >= 0.6 is 11.8 Å². The summed E-state index contributed by atoms with van der Waals surface area (Å²) in [6.07, 6.45) is 5.38. The number of rotatable bonds is 8. The molecule has 1 aliphatic heterocycles. The highest BCUT2D eigenvalue weighted by molar-refractivity contribution is 7.99. The summed E-state index contributed by atoms with van der Waals surface area (Å²) in [5.74, 6) is 0.0632. The van der Waals surface area contributed by atoms with Gasteiger partial charge in [0.1, 0.15) is 5.82 Å². The van der Waals surface area contributed by atoms with Gasteiger partial charge in [-0.1, -0.05) is 37.7 Å². The van der Waals surface area contributed by atoms with Gasteiger partial charge < -0.3 is 15.0 Å². The molecule has 1 aliphatic rings. The standard InChI is InChI=1S/C24H30N6O3S/c1-16(2)34-24-27-20(29-12-7-4-8-13-29)19-15-26-30(21(19)28-24)14-11-25-22(31)17-9-5-6-10-18(17)23(32)33-3/h5-6,9-10,15-16H,4,7-8,11-14H2,1-3H3,(H,25,31). The number of ether oxygens (including phenoxy) is 1. The molecule has 9 nitrogen and oxygen atoms in total. The quantitative estimate of drug-likeness (QED) is 0.296. The van der Waals surface area contributed by atoms with Crippen LogP contribution in [0.1, 0.15) is 53.8 Å². The summed E-state index contributed by atoms with van der Waals surface area (Å²) in [6, 6.07) is 6.60. The Morgan fingerprint density at radius 3 is 2.56 bits per heavy atom. The third-order valence-corrected chi connectivity index (χ3v) is 6.50. The number of benzene rings is 1. The number of carbonyl (C=O) groups excluding carboxylic acids is 2. The normalized spacial score (nSPS) is 13.9. The number of amides is 1. The molecule has 0 saturated carbocycles. The maximum absolute atomic E-state index is 12.7. The highest BCUT2D eigenvalue weighted by Crippen LogP contribution is 2.30. The average molecular weight is 483 g/mol. The largest absolute Gasteiger partial charge is 0.465 e. The number of anilines is 1. The Hall–Kier alpha value is -3.14. The lowest BCUT2D eigenvalue weighted by Crippen LogP contribution is -2.30. The molecular weight excluding hydrogens is 452 g/mol. The van der Waals surface area contributed by atoms with E-state index < -0.39 is 5.97 Å². The molecule has 34 heavy (non-hydrogen) atoms. The molecule has 0 aliphatic carbocycles. The molecule has 1 amide bonds. The molecule has 180 valence electrons. The third-order valence-electron chi connectivity index (χ3n) is 5.64. The van der Waals surface area contributed by atoms with Gasteiger partial charge >= 0.3 is 5.97 Å². The van der Waals surface area contributed by atoms with Gasteiger partial charge in [-0.3, -0.25) is 4.79 Å². The van der Waals surface area contributed by atoms with Crippen LogP contribution in [0.4, 0.5) is 5.82 Å². The van der Waals surface area contributed by atoms with E-state index in [0.717, 1.165) is 47.9 Å². The molecule has 3 heterocycles. The topological polar surface area (TPSA) is 102 Å². The second-order valence-electron chi connectivity index (χ2n) is 8.44. The van der Waals surface area contributed by atoms with Gasteiger partial charge in [-0.05, 0) is 31.4 Å². The van der Waals surface area contributed by atoms with E-state index in [9.17, 15) is 9.59 Å². The molecule has 1 fully saturated rings. The van der Waals surface area contributed by atoms with Gasteiger partial charge in [0.25, 0.3) is 5.91 Å². The molecule has 1 N–H and O–H groups in total. The van der Waals surface area contributed by atoms with Crippen molar-refractivity contribution < 1.29 is 14.3 Å². The van der Waals surface area contributed by atoms with Gasteiger partial charge in [-0.2, -0.15) is 5.10 Å². The van der Waals surface area contributed by atoms with Crippen LogP contribution in [0.3, 0.4) is 0 Å². The van der Waals surface area contributed by atoms with Gasteiger partial charge in [0, 0.05) is 24.9 Å². The van der Waals surface area contributed by atoms with Gasteiger partial charge in [0.2, 0.25) is 0 Å². The molecule has 1 saturated heterocycles. The zero-order valence-corrected chi connectivity index (χ0v) is 20.6. The predicted octanol–water partition coefficient (Wildman–Crippen LogP) is 3.53. The van der Waals surface area contributed by atoms with Crippen LogP contribution in [0.25, 0.3) is 11.0 Å². The minimum absolute atomic E-state index is 0.237. The molecule has 2 aromatic heterocycles. The van der Waals surface area contributed by atoms with E-state index in [0.29, 0.717) is 18.3 Å². The summed E-state index contributed by atoms with van der Waals surface area (Å²) in [6.45, 7) is 6.99. The number of hydrogen-bond acceptors (Lipinski definition) is 8. The van der Waals surface area contributed by atoms with E-state index in [1.807, 2.05) is 6.20 Å². The van der Waals surface area contributed by atoms with E-state index in [4.69, 9.17) is 14.7 Å². The Morgan fingerprint density at radius 2 is 1.85 bits per heavy atom. The molecule has 0 bridgehead atoms. The van der Waals surface area contributed by atoms with Crippen LogP contribution in [-0.4, -0.2) is 63.6 Å². The lowest BCUT2D eigenvalue weighted by molar-refractivity contribution is 0.0596. The predicted molar refractivity (Wildman–Crippen MR) is 132 cm³/mol. The molecule has 0 unspecified atom stereocenters. The Morgan fingerprint density at radius 1 is 1.12 bits per heavy atom. The highest BCUT2D eigenvalue weighted by Gasteiger charge is 2.21. The summed E-state index contributed by atoms with van der Waals surface area (Å²) in [5.41, 5.74) is 1.29. The van der Waals surface area contributed by atoms with Gasteiger partial charge in [0.15, 0.2) is 10.8 Å². The fourth-order valence-corrected chi connectivity index (χ4v) is 4.73. The number of nitrogens with one attached hydrogen (secondary N) is 1. The van der Waals surface area contributed by atoms with Crippen LogP contribution in [0.5, 0.6) is 0 Å².